The fourth-order valence-corrected chi connectivity index (χ4v) is 3.36. The summed E-state index contributed by atoms with van der Waals surface area (Å²) < 4.78 is 5.26. The lowest BCUT2D eigenvalue weighted by Gasteiger charge is -2.19. The molecule has 1 unspecified atom stereocenters. The molecule has 0 saturated carbocycles. The molecule has 2 aromatic rings. The van der Waals surface area contributed by atoms with E-state index in [4.69, 9.17) is 21.2 Å². The highest BCUT2D eigenvalue weighted by atomic mass is 35.5. The third-order valence-corrected chi connectivity index (χ3v) is 4.94. The molecule has 0 radical (unpaired) electrons. The highest BCUT2D eigenvalue weighted by Crippen LogP contribution is 2.23. The number of rotatable bonds is 7. The van der Waals surface area contributed by atoms with E-state index in [-0.39, 0.29) is 6.10 Å². The highest BCUT2D eigenvalue weighted by Gasteiger charge is 2.24. The summed E-state index contributed by atoms with van der Waals surface area (Å²) in [7, 11) is 0. The van der Waals surface area contributed by atoms with Gasteiger partial charge in [-0.2, -0.15) is 0 Å². The van der Waals surface area contributed by atoms with Gasteiger partial charge in [-0.05, 0) is 62.1 Å². The molecule has 31 heavy (non-hydrogen) atoms. The van der Waals surface area contributed by atoms with E-state index in [9.17, 15) is 4.79 Å². The molecule has 1 aliphatic rings. The van der Waals surface area contributed by atoms with Crippen LogP contribution in [-0.4, -0.2) is 30.1 Å². The van der Waals surface area contributed by atoms with Crippen LogP contribution in [0.1, 0.15) is 44.7 Å². The van der Waals surface area contributed by atoms with Crippen LogP contribution < -0.4 is 5.32 Å². The van der Waals surface area contributed by atoms with Gasteiger partial charge in [0.2, 0.25) is 0 Å². The summed E-state index contributed by atoms with van der Waals surface area (Å²) in [5, 5.41) is 7.85. The van der Waals surface area contributed by atoms with Crippen LogP contribution in [0, 0.1) is 0 Å². The number of carbonyl (C=O) groups excluding carboxylic acids is 1. The number of nitrogens with one attached hydrogen (secondary N) is 1. The fraction of sp³-hybridized carbons (Fsp3) is 0.360. The number of hydrogen-bond donors (Lipinski definition) is 1. The molecular formula is C25H29ClN2O3. The van der Waals surface area contributed by atoms with Gasteiger partial charge >= 0.3 is 6.09 Å². The lowest BCUT2D eigenvalue weighted by molar-refractivity contribution is 0.0496. The molecule has 6 heteroatoms. The standard InChI is InChI=1S/C25H29ClN2O3/c1-25(2,3)30-24(29)27-14-13-22-17-23(28-31-22)20(15-18-7-5-4-6-8-18)16-19-9-11-21(26)12-10-19/h4-12,16,22H,13-15,17H2,1-3H3,(H,27,29)/b20-16+. The largest absolute Gasteiger partial charge is 0.444 e. The molecule has 0 aromatic heterocycles. The number of oxime groups is 1. The van der Waals surface area contributed by atoms with Crippen molar-refractivity contribution >= 4 is 29.5 Å². The van der Waals surface area contributed by atoms with Gasteiger partial charge in [-0.15, -0.1) is 0 Å². The predicted molar refractivity (Wildman–Crippen MR) is 125 cm³/mol. The first-order valence-corrected chi connectivity index (χ1v) is 10.9. The lowest BCUT2D eigenvalue weighted by atomic mass is 9.95. The minimum Gasteiger partial charge on any atom is -0.444 e. The van der Waals surface area contributed by atoms with E-state index in [1.54, 1.807) is 0 Å². The van der Waals surface area contributed by atoms with Gasteiger partial charge in [0.15, 0.2) is 0 Å². The summed E-state index contributed by atoms with van der Waals surface area (Å²) >= 11 is 6.03. The second-order valence-corrected chi connectivity index (χ2v) is 9.01. The second kappa shape index (κ2) is 10.5. The predicted octanol–water partition coefficient (Wildman–Crippen LogP) is 6.03. The maximum atomic E-state index is 11.8. The molecular weight excluding hydrogens is 412 g/mol. The van der Waals surface area contributed by atoms with Gasteiger partial charge in [0.1, 0.15) is 11.7 Å². The number of benzene rings is 2. The third kappa shape index (κ3) is 7.76. The topological polar surface area (TPSA) is 59.9 Å². The monoisotopic (exact) mass is 440 g/mol. The third-order valence-electron chi connectivity index (χ3n) is 4.69. The summed E-state index contributed by atoms with van der Waals surface area (Å²) in [6.07, 6.45) is 3.75. The molecule has 5 nitrogen and oxygen atoms in total. The van der Waals surface area contributed by atoms with Crippen LogP contribution in [0.5, 0.6) is 0 Å². The Labute approximate surface area is 189 Å². The average Bonchev–Trinajstić information content (AvgIpc) is 3.17. The second-order valence-electron chi connectivity index (χ2n) is 8.57. The number of amides is 1. The minimum atomic E-state index is -0.511. The lowest BCUT2D eigenvalue weighted by Crippen LogP contribution is -2.34. The molecule has 2 aromatic carbocycles. The zero-order chi connectivity index (χ0) is 22.3. The molecule has 0 spiro atoms. The van der Waals surface area contributed by atoms with Crippen LogP contribution in [0.4, 0.5) is 4.79 Å². The van der Waals surface area contributed by atoms with Gasteiger partial charge in [0.25, 0.3) is 0 Å². The number of halogens is 1. The smallest absolute Gasteiger partial charge is 0.407 e. The zero-order valence-electron chi connectivity index (χ0n) is 18.2. The van der Waals surface area contributed by atoms with Gasteiger partial charge in [0, 0.05) is 24.4 Å². The van der Waals surface area contributed by atoms with Crippen molar-refractivity contribution in [2.75, 3.05) is 6.54 Å². The maximum absolute atomic E-state index is 11.8. The minimum absolute atomic E-state index is 0.0747. The van der Waals surface area contributed by atoms with Gasteiger partial charge in [-0.25, -0.2) is 4.79 Å². The van der Waals surface area contributed by atoms with Gasteiger partial charge in [-0.1, -0.05) is 59.2 Å². The molecule has 3 rings (SSSR count). The Morgan fingerprint density at radius 1 is 1.19 bits per heavy atom. The number of ether oxygens (including phenoxy) is 1. The van der Waals surface area contributed by atoms with Crippen molar-refractivity contribution in [2.24, 2.45) is 5.16 Å². The quantitative estimate of drug-likeness (QED) is 0.572. The fourth-order valence-electron chi connectivity index (χ4n) is 3.23. The normalized spacial score (nSPS) is 16.5. The first-order chi connectivity index (χ1) is 14.8. The number of carbonyl (C=O) groups is 1. The van der Waals surface area contributed by atoms with E-state index in [1.165, 1.54) is 5.56 Å². The van der Waals surface area contributed by atoms with Crippen LogP contribution in [0.3, 0.4) is 0 Å². The van der Waals surface area contributed by atoms with E-state index in [0.29, 0.717) is 24.4 Å². The number of allylic oxidation sites excluding steroid dienone is 1. The first-order valence-electron chi connectivity index (χ1n) is 10.5. The molecule has 1 atom stereocenters. The van der Waals surface area contributed by atoms with Crippen LogP contribution >= 0.6 is 11.6 Å². The van der Waals surface area contributed by atoms with Crippen molar-refractivity contribution in [2.45, 2.75) is 51.7 Å². The van der Waals surface area contributed by atoms with Gasteiger partial charge < -0.3 is 14.9 Å². The Morgan fingerprint density at radius 2 is 1.90 bits per heavy atom. The Kier molecular flexibility index (Phi) is 7.75. The molecule has 0 saturated heterocycles. The Balaban J connectivity index is 1.62. The van der Waals surface area contributed by atoms with Crippen molar-refractivity contribution in [1.29, 1.82) is 0 Å². The average molecular weight is 441 g/mol. The van der Waals surface area contributed by atoms with Crippen LogP contribution in [0.25, 0.3) is 6.08 Å². The van der Waals surface area contributed by atoms with Crippen molar-refractivity contribution in [3.8, 4) is 0 Å². The van der Waals surface area contributed by atoms with Crippen molar-refractivity contribution in [1.82, 2.24) is 5.32 Å². The Hall–Kier alpha value is -2.79. The summed E-state index contributed by atoms with van der Waals surface area (Å²) in [5.74, 6) is 0. The molecule has 1 N–H and O–H groups in total. The SMILES string of the molecule is CC(C)(C)OC(=O)NCCC1CC(/C(=C/c2ccc(Cl)cc2)Cc2ccccc2)=NO1. The number of hydrogen-bond acceptors (Lipinski definition) is 4. The number of nitrogens with zero attached hydrogens (tertiary/aromatic N) is 1. The van der Waals surface area contributed by atoms with Crippen LogP contribution in [0.15, 0.2) is 65.3 Å². The van der Waals surface area contributed by atoms with Gasteiger partial charge in [-0.3, -0.25) is 0 Å². The first kappa shape index (κ1) is 22.9. The molecule has 1 amide bonds. The summed E-state index contributed by atoms with van der Waals surface area (Å²) in [5.41, 5.74) is 3.80. The highest BCUT2D eigenvalue weighted by molar-refractivity contribution is 6.30. The molecule has 0 fully saturated rings. The zero-order valence-corrected chi connectivity index (χ0v) is 19.0. The summed E-state index contributed by atoms with van der Waals surface area (Å²) in [6.45, 7) is 5.99. The maximum Gasteiger partial charge on any atom is 0.407 e. The molecule has 0 aliphatic carbocycles. The van der Waals surface area contributed by atoms with Crippen LogP contribution in [0.2, 0.25) is 5.02 Å². The van der Waals surface area contributed by atoms with E-state index in [2.05, 4.69) is 28.7 Å². The Bertz CT molecular complexity index is 931. The van der Waals surface area contributed by atoms with Crippen molar-refractivity contribution in [3.63, 3.8) is 0 Å². The van der Waals surface area contributed by atoms with E-state index in [1.807, 2.05) is 63.2 Å². The van der Waals surface area contributed by atoms with E-state index < -0.39 is 11.7 Å². The van der Waals surface area contributed by atoms with Crippen molar-refractivity contribution in [3.05, 3.63) is 76.3 Å². The van der Waals surface area contributed by atoms with E-state index >= 15 is 0 Å². The molecule has 164 valence electrons. The van der Waals surface area contributed by atoms with Crippen LogP contribution in [-0.2, 0) is 16.0 Å². The molecule has 0 bridgehead atoms. The Morgan fingerprint density at radius 3 is 2.58 bits per heavy atom. The summed E-state index contributed by atoms with van der Waals surface area (Å²) in [6, 6.07) is 18.0. The van der Waals surface area contributed by atoms with E-state index in [0.717, 1.165) is 23.3 Å². The molecule has 1 aliphatic heterocycles. The molecule has 1 heterocycles. The summed E-state index contributed by atoms with van der Waals surface area (Å²) in [4.78, 5) is 17.5. The van der Waals surface area contributed by atoms with Crippen molar-refractivity contribution < 1.29 is 14.4 Å². The van der Waals surface area contributed by atoms with Gasteiger partial charge in [0.05, 0.1) is 5.71 Å². The number of alkyl carbamates (subject to hydrolysis) is 1.